The van der Waals surface area contributed by atoms with Gasteiger partial charge in [-0.1, -0.05) is 0 Å². The minimum Gasteiger partial charge on any atom is -0.492 e. The fraction of sp³-hybridized carbons (Fsp3) is 0.545. The molecule has 0 bridgehead atoms. The van der Waals surface area contributed by atoms with E-state index in [0.29, 0.717) is 22.9 Å². The van der Waals surface area contributed by atoms with Gasteiger partial charge in [-0.15, -0.1) is 0 Å². The lowest BCUT2D eigenvalue weighted by atomic mass is 9.93. The largest absolute Gasteiger partial charge is 0.492 e. The van der Waals surface area contributed by atoms with Crippen LogP contribution in [0, 0.1) is 17.2 Å². The molecule has 3 aliphatic rings. The van der Waals surface area contributed by atoms with Crippen LogP contribution in [-0.2, 0) is 0 Å². The lowest BCUT2D eigenvalue weighted by molar-refractivity contribution is 0.0695. The van der Waals surface area contributed by atoms with Gasteiger partial charge >= 0.3 is 5.97 Å². The number of carboxylic acids is 1. The molecule has 2 N–H and O–H groups in total. The van der Waals surface area contributed by atoms with Crippen molar-refractivity contribution < 1.29 is 19.0 Å². The Balaban J connectivity index is 1.72. The average molecular weight is 415 g/mol. The van der Waals surface area contributed by atoms with E-state index in [1.807, 2.05) is 7.05 Å². The molecule has 2 aliphatic carbocycles. The molecule has 1 aromatic carbocycles. The van der Waals surface area contributed by atoms with Crippen molar-refractivity contribution in [2.75, 3.05) is 38.7 Å². The van der Waals surface area contributed by atoms with Crippen molar-refractivity contribution in [3.8, 4) is 5.75 Å². The number of nitrogens with zero attached hydrogens (tertiary/aromatic N) is 2. The summed E-state index contributed by atoms with van der Waals surface area (Å²) < 4.78 is 22.9. The molecular weight excluding hydrogens is 389 g/mol. The summed E-state index contributed by atoms with van der Waals surface area (Å²) in [6.45, 7) is 2.36. The van der Waals surface area contributed by atoms with E-state index >= 15 is 4.39 Å². The Morgan fingerprint density at radius 2 is 2.13 bits per heavy atom. The number of nitrogens with one attached hydrogen (secondary N) is 1. The molecule has 5 rings (SSSR count). The Morgan fingerprint density at radius 1 is 1.40 bits per heavy atom. The standard InChI is InChI=1S/C22H26FN3O4/c1-24-8-12-9-25(11-22(12)5-6-22)18-16(23)7-14-17(20(18)30-2)26(13-3-4-13)10-15(19(14)27)21(28)29/h7,10,12-13,24H,3-6,8-9,11H2,1-2H3,(H,28,29). The summed E-state index contributed by atoms with van der Waals surface area (Å²) >= 11 is 0. The van der Waals surface area contributed by atoms with Gasteiger partial charge in [0.25, 0.3) is 0 Å². The molecule has 30 heavy (non-hydrogen) atoms. The van der Waals surface area contributed by atoms with E-state index in [4.69, 9.17) is 4.74 Å². The molecule has 1 saturated heterocycles. The van der Waals surface area contributed by atoms with E-state index in [2.05, 4.69) is 10.2 Å². The molecular formula is C22H26FN3O4. The number of aromatic carboxylic acids is 1. The second-order valence-corrected chi connectivity index (χ2v) is 8.95. The highest BCUT2D eigenvalue weighted by Gasteiger charge is 2.55. The molecule has 3 fully saturated rings. The number of carbonyl (C=O) groups is 1. The molecule has 1 aromatic heterocycles. The number of anilines is 1. The number of hydrogen-bond acceptors (Lipinski definition) is 5. The number of methoxy groups -OCH3 is 1. The van der Waals surface area contributed by atoms with E-state index in [1.54, 1.807) is 4.57 Å². The van der Waals surface area contributed by atoms with Gasteiger partial charge in [0.2, 0.25) is 5.43 Å². The highest BCUT2D eigenvalue weighted by atomic mass is 19.1. The third-order valence-electron chi connectivity index (χ3n) is 7.04. The van der Waals surface area contributed by atoms with E-state index < -0.39 is 17.2 Å². The van der Waals surface area contributed by atoms with Crippen molar-refractivity contribution in [1.82, 2.24) is 9.88 Å². The minimum absolute atomic E-state index is 0.0620. The highest BCUT2D eigenvalue weighted by Crippen LogP contribution is 2.58. The van der Waals surface area contributed by atoms with E-state index in [-0.39, 0.29) is 22.4 Å². The molecule has 0 radical (unpaired) electrons. The van der Waals surface area contributed by atoms with Gasteiger partial charge in [0.15, 0.2) is 11.6 Å². The van der Waals surface area contributed by atoms with Crippen molar-refractivity contribution in [3.63, 3.8) is 0 Å². The zero-order valence-electron chi connectivity index (χ0n) is 17.2. The van der Waals surface area contributed by atoms with Crippen molar-refractivity contribution in [1.29, 1.82) is 0 Å². The Morgan fingerprint density at radius 3 is 2.70 bits per heavy atom. The molecule has 2 heterocycles. The fourth-order valence-electron chi connectivity index (χ4n) is 5.18. The maximum atomic E-state index is 15.4. The van der Waals surface area contributed by atoms with Crippen molar-refractivity contribution >= 4 is 22.6 Å². The predicted molar refractivity (Wildman–Crippen MR) is 111 cm³/mol. The Labute approximate surface area is 173 Å². The summed E-state index contributed by atoms with van der Waals surface area (Å²) in [5, 5.41) is 12.8. The summed E-state index contributed by atoms with van der Waals surface area (Å²) in [5.74, 6) is -1.08. The summed E-state index contributed by atoms with van der Waals surface area (Å²) in [6.07, 6.45) is 5.46. The molecule has 8 heteroatoms. The van der Waals surface area contributed by atoms with Crippen LogP contribution in [0.15, 0.2) is 17.1 Å². The van der Waals surface area contributed by atoms with Crippen LogP contribution in [0.1, 0.15) is 42.1 Å². The first-order valence-corrected chi connectivity index (χ1v) is 10.5. The van der Waals surface area contributed by atoms with Crippen LogP contribution in [0.5, 0.6) is 5.75 Å². The first kappa shape index (κ1) is 19.4. The van der Waals surface area contributed by atoms with Crippen LogP contribution in [0.4, 0.5) is 10.1 Å². The summed E-state index contributed by atoms with van der Waals surface area (Å²) in [5.41, 5.74) is 0.0841. The molecule has 1 spiro atoms. The van der Waals surface area contributed by atoms with Gasteiger partial charge in [-0.2, -0.15) is 0 Å². The molecule has 2 aromatic rings. The smallest absolute Gasteiger partial charge is 0.341 e. The molecule has 1 aliphatic heterocycles. The number of ether oxygens (including phenoxy) is 1. The summed E-state index contributed by atoms with van der Waals surface area (Å²) in [4.78, 5) is 26.5. The SMILES string of the molecule is CNCC1CN(c2c(F)cc3c(=O)c(C(=O)O)cn(C4CC4)c3c2OC)CC12CC2. The Bertz CT molecular complexity index is 1100. The Hall–Kier alpha value is -2.61. The molecule has 2 saturated carbocycles. The molecule has 160 valence electrons. The van der Waals surface area contributed by atoms with Crippen molar-refractivity contribution in [2.45, 2.75) is 31.7 Å². The van der Waals surface area contributed by atoms with Crippen LogP contribution in [0.2, 0.25) is 0 Å². The van der Waals surface area contributed by atoms with E-state index in [9.17, 15) is 14.7 Å². The number of pyridine rings is 1. The van der Waals surface area contributed by atoms with Gasteiger partial charge in [0.1, 0.15) is 11.3 Å². The van der Waals surface area contributed by atoms with Gasteiger partial charge in [-0.25, -0.2) is 9.18 Å². The Kier molecular flexibility index (Phi) is 4.32. The van der Waals surface area contributed by atoms with Gasteiger partial charge in [-0.3, -0.25) is 4.79 Å². The van der Waals surface area contributed by atoms with Crippen molar-refractivity contribution in [3.05, 3.63) is 33.9 Å². The zero-order chi connectivity index (χ0) is 21.2. The van der Waals surface area contributed by atoms with Crippen LogP contribution < -0.4 is 20.4 Å². The van der Waals surface area contributed by atoms with Crippen LogP contribution in [0.25, 0.3) is 10.9 Å². The first-order chi connectivity index (χ1) is 14.4. The summed E-state index contributed by atoms with van der Waals surface area (Å²) in [7, 11) is 3.42. The second kappa shape index (κ2) is 6.70. The first-order valence-electron chi connectivity index (χ1n) is 10.5. The van der Waals surface area contributed by atoms with Crippen LogP contribution in [0.3, 0.4) is 0 Å². The lowest BCUT2D eigenvalue weighted by Gasteiger charge is -2.25. The normalized spacial score (nSPS) is 22.1. The zero-order valence-corrected chi connectivity index (χ0v) is 17.2. The molecule has 1 atom stereocenters. The number of aromatic nitrogens is 1. The van der Waals surface area contributed by atoms with E-state index in [1.165, 1.54) is 19.4 Å². The summed E-state index contributed by atoms with van der Waals surface area (Å²) in [6, 6.07) is 1.30. The molecule has 7 nitrogen and oxygen atoms in total. The van der Waals surface area contributed by atoms with E-state index in [0.717, 1.165) is 45.3 Å². The van der Waals surface area contributed by atoms with Gasteiger partial charge < -0.3 is 24.6 Å². The molecule has 1 unspecified atom stereocenters. The maximum Gasteiger partial charge on any atom is 0.341 e. The number of hydrogen-bond donors (Lipinski definition) is 2. The quantitative estimate of drug-likeness (QED) is 0.755. The van der Waals surface area contributed by atoms with Gasteiger partial charge in [-0.05, 0) is 56.7 Å². The van der Waals surface area contributed by atoms with Crippen LogP contribution in [-0.4, -0.2) is 49.4 Å². The number of benzene rings is 1. The third-order valence-corrected chi connectivity index (χ3v) is 7.04. The monoisotopic (exact) mass is 415 g/mol. The fourth-order valence-corrected chi connectivity index (χ4v) is 5.18. The van der Waals surface area contributed by atoms with Crippen molar-refractivity contribution in [2.24, 2.45) is 11.3 Å². The number of fused-ring (bicyclic) bond motifs is 1. The predicted octanol–water partition coefficient (Wildman–Crippen LogP) is 2.62. The topological polar surface area (TPSA) is 83.8 Å². The minimum atomic E-state index is -1.30. The number of rotatable bonds is 6. The molecule has 0 amide bonds. The third kappa shape index (κ3) is 2.80. The van der Waals surface area contributed by atoms with Gasteiger partial charge in [0, 0.05) is 25.3 Å². The average Bonchev–Trinajstić information content (AvgIpc) is 3.61. The van der Waals surface area contributed by atoms with Gasteiger partial charge in [0.05, 0.1) is 18.0 Å². The lowest BCUT2D eigenvalue weighted by Crippen LogP contribution is -2.27. The van der Waals surface area contributed by atoms with Crippen LogP contribution >= 0.6 is 0 Å². The second-order valence-electron chi connectivity index (χ2n) is 8.95. The number of halogens is 1. The maximum absolute atomic E-state index is 15.4. The number of carboxylic acid groups (broad SMARTS) is 1. The highest BCUT2D eigenvalue weighted by molar-refractivity contribution is 5.97.